The number of amides is 1. The number of aromatic nitrogens is 1. The van der Waals surface area contributed by atoms with E-state index in [9.17, 15) is 13.2 Å². The lowest BCUT2D eigenvalue weighted by Gasteiger charge is -2.18. The highest BCUT2D eigenvalue weighted by Crippen LogP contribution is 2.31. The lowest BCUT2D eigenvalue weighted by atomic mass is 10.2. The van der Waals surface area contributed by atoms with Gasteiger partial charge in [-0.25, -0.2) is 13.4 Å². The first kappa shape index (κ1) is 21.9. The maximum absolute atomic E-state index is 12.9. The van der Waals surface area contributed by atoms with Crippen molar-refractivity contribution >= 4 is 38.1 Å². The molecule has 1 aliphatic rings. The highest BCUT2D eigenvalue weighted by molar-refractivity contribution is 7.93. The van der Waals surface area contributed by atoms with Crippen molar-refractivity contribution < 1.29 is 30.3 Å². The number of methoxy groups -OCH3 is 2. The van der Waals surface area contributed by atoms with Gasteiger partial charge in [-0.15, -0.1) is 11.3 Å². The van der Waals surface area contributed by atoms with Crippen LogP contribution in [0.2, 0.25) is 0 Å². The summed E-state index contributed by atoms with van der Waals surface area (Å²) in [6.07, 6.45) is 1.34. The number of carbonyl (C=O) groups excluding carboxylic acids is 1. The van der Waals surface area contributed by atoms with E-state index in [1.807, 2.05) is 0 Å². The Balaban J connectivity index is 0.00000204. The zero-order valence-corrected chi connectivity index (χ0v) is 19.0. The molecule has 11 heteroatoms. The molecule has 9 nitrogen and oxygen atoms in total. The first-order valence-electron chi connectivity index (χ1n) is 9.63. The van der Waals surface area contributed by atoms with Gasteiger partial charge in [-0.2, -0.15) is 0 Å². The molecule has 0 aliphatic carbocycles. The largest absolute Gasteiger partial charge is 0.496 e. The summed E-state index contributed by atoms with van der Waals surface area (Å²) in [5, 5.41) is 1.97. The predicted octanol–water partition coefficient (Wildman–Crippen LogP) is 3.64. The molecule has 1 N–H and O–H groups in total. The number of nitrogens with zero attached hydrogens (tertiary/aromatic N) is 2. The van der Waals surface area contributed by atoms with Crippen LogP contribution in [0.15, 0.2) is 58.9 Å². The third kappa shape index (κ3) is 4.63. The highest BCUT2D eigenvalue weighted by atomic mass is 32.2. The number of nitrogens with one attached hydrogen (secondary N) is 1. The SMILES string of the molecule is COc1cc(OC)cc(O[C@H]2CCN(c3ccc(S(=O)(=O)Nc4nccs4)cc3)C2=O)c1.[HH].[HH]. The van der Waals surface area contributed by atoms with E-state index in [-0.39, 0.29) is 18.8 Å². The molecule has 172 valence electrons. The Morgan fingerprint density at radius 3 is 2.34 bits per heavy atom. The Morgan fingerprint density at radius 2 is 1.75 bits per heavy atom. The Bertz CT molecular complexity index is 1190. The molecular weight excluding hydrogens is 454 g/mol. The summed E-state index contributed by atoms with van der Waals surface area (Å²) in [6.45, 7) is 0.452. The Morgan fingerprint density at radius 1 is 1.09 bits per heavy atom. The molecule has 2 heterocycles. The third-order valence-electron chi connectivity index (χ3n) is 4.87. The van der Waals surface area contributed by atoms with Gasteiger partial charge >= 0.3 is 0 Å². The maximum atomic E-state index is 12.9. The number of hydrogen-bond acceptors (Lipinski definition) is 8. The summed E-state index contributed by atoms with van der Waals surface area (Å²) >= 11 is 1.19. The van der Waals surface area contributed by atoms with E-state index in [2.05, 4.69) is 9.71 Å². The number of thiazole rings is 1. The number of benzene rings is 2. The van der Waals surface area contributed by atoms with Crippen molar-refractivity contribution in [3.05, 3.63) is 54.0 Å². The standard InChI is InChI=1S/C21H21N3O6S2.2H2/c1-28-15-11-16(29-2)13-17(12-15)30-19-7-9-24(20(19)25)14-3-5-18(6-4-14)32(26,27)23-21-22-8-10-31-21;;/h3-6,8,10-13,19H,7,9H2,1-2H3,(H,22,23);2*1H/t19-;;/m0../s1. The Hall–Kier alpha value is -3.31. The number of sulfonamides is 1. The van der Waals surface area contributed by atoms with Crippen LogP contribution in [0.4, 0.5) is 10.8 Å². The van der Waals surface area contributed by atoms with Gasteiger partial charge < -0.3 is 19.1 Å². The van der Waals surface area contributed by atoms with Crippen LogP contribution in [0.1, 0.15) is 9.27 Å². The number of anilines is 2. The molecule has 0 unspecified atom stereocenters. The molecule has 1 aliphatic heterocycles. The van der Waals surface area contributed by atoms with Crippen LogP contribution < -0.4 is 23.8 Å². The molecular formula is C21H25N3O6S2. The van der Waals surface area contributed by atoms with E-state index in [0.29, 0.717) is 35.9 Å². The summed E-state index contributed by atoms with van der Waals surface area (Å²) in [6, 6.07) is 11.2. The van der Waals surface area contributed by atoms with E-state index in [1.54, 1.807) is 40.6 Å². The van der Waals surface area contributed by atoms with Crippen molar-refractivity contribution in [2.45, 2.75) is 17.4 Å². The molecule has 0 bridgehead atoms. The van der Waals surface area contributed by atoms with E-state index in [1.165, 1.54) is 43.9 Å². The van der Waals surface area contributed by atoms with Crippen LogP contribution in [0, 0.1) is 0 Å². The second-order valence-electron chi connectivity index (χ2n) is 6.87. The van der Waals surface area contributed by atoms with Crippen LogP contribution in [0.3, 0.4) is 0 Å². The van der Waals surface area contributed by atoms with Gasteiger partial charge in [0.2, 0.25) is 0 Å². The molecule has 3 aromatic rings. The summed E-state index contributed by atoms with van der Waals surface area (Å²) in [4.78, 5) is 18.5. The van der Waals surface area contributed by atoms with Crippen LogP contribution >= 0.6 is 11.3 Å². The fraction of sp³-hybridized carbons (Fsp3) is 0.238. The molecule has 4 rings (SSSR count). The van der Waals surface area contributed by atoms with Gasteiger partial charge in [0.05, 0.1) is 19.1 Å². The average molecular weight is 480 g/mol. The fourth-order valence-corrected chi connectivity index (χ4v) is 5.07. The van der Waals surface area contributed by atoms with E-state index in [4.69, 9.17) is 14.2 Å². The Kier molecular flexibility index (Phi) is 6.19. The van der Waals surface area contributed by atoms with Crippen molar-refractivity contribution in [3.63, 3.8) is 0 Å². The van der Waals surface area contributed by atoms with E-state index >= 15 is 0 Å². The second kappa shape index (κ2) is 9.05. The first-order chi connectivity index (χ1) is 15.4. The topological polar surface area (TPSA) is 107 Å². The normalized spacial score (nSPS) is 16.1. The Labute approximate surface area is 192 Å². The van der Waals surface area contributed by atoms with Crippen molar-refractivity contribution in [2.24, 2.45) is 0 Å². The number of rotatable bonds is 8. The maximum Gasteiger partial charge on any atom is 0.268 e. The summed E-state index contributed by atoms with van der Waals surface area (Å²) < 4.78 is 43.8. The van der Waals surface area contributed by atoms with Crippen molar-refractivity contribution in [1.82, 2.24) is 4.98 Å². The zero-order valence-electron chi connectivity index (χ0n) is 17.3. The molecule has 0 spiro atoms. The molecule has 0 radical (unpaired) electrons. The van der Waals surface area contributed by atoms with Crippen LogP contribution in [0.5, 0.6) is 17.2 Å². The smallest absolute Gasteiger partial charge is 0.268 e. The second-order valence-corrected chi connectivity index (χ2v) is 9.45. The van der Waals surface area contributed by atoms with Gasteiger partial charge in [0, 0.05) is 51.3 Å². The molecule has 1 atom stereocenters. The molecule has 0 saturated carbocycles. The summed E-state index contributed by atoms with van der Waals surface area (Å²) in [5.41, 5.74) is 0.595. The van der Waals surface area contributed by atoms with Gasteiger partial charge in [0.15, 0.2) is 11.2 Å². The fourth-order valence-electron chi connectivity index (χ4n) is 3.29. The molecule has 1 amide bonds. The highest BCUT2D eigenvalue weighted by Gasteiger charge is 2.34. The zero-order chi connectivity index (χ0) is 22.7. The lowest BCUT2D eigenvalue weighted by molar-refractivity contribution is -0.122. The molecule has 1 fully saturated rings. The van der Waals surface area contributed by atoms with Crippen LogP contribution in [-0.4, -0.2) is 46.2 Å². The number of hydrogen-bond donors (Lipinski definition) is 1. The third-order valence-corrected chi connectivity index (χ3v) is 7.04. The number of carbonyl (C=O) groups is 1. The molecule has 1 aromatic heterocycles. The quantitative estimate of drug-likeness (QED) is 0.526. The average Bonchev–Trinajstić information content (AvgIpc) is 3.43. The van der Waals surface area contributed by atoms with Gasteiger partial charge in [0.1, 0.15) is 17.2 Å². The van der Waals surface area contributed by atoms with Gasteiger partial charge in [-0.1, -0.05) is 0 Å². The van der Waals surface area contributed by atoms with E-state index < -0.39 is 16.1 Å². The van der Waals surface area contributed by atoms with Crippen molar-refractivity contribution in [3.8, 4) is 17.2 Å². The van der Waals surface area contributed by atoms with Crippen LogP contribution in [0.25, 0.3) is 0 Å². The van der Waals surface area contributed by atoms with Crippen LogP contribution in [-0.2, 0) is 14.8 Å². The first-order valence-corrected chi connectivity index (χ1v) is 12.0. The number of ether oxygens (including phenoxy) is 3. The lowest BCUT2D eigenvalue weighted by Crippen LogP contribution is -2.32. The molecule has 2 aromatic carbocycles. The summed E-state index contributed by atoms with van der Waals surface area (Å²) in [5.74, 6) is 1.38. The van der Waals surface area contributed by atoms with Gasteiger partial charge in [-0.3, -0.25) is 9.52 Å². The minimum Gasteiger partial charge on any atom is -0.496 e. The van der Waals surface area contributed by atoms with Gasteiger partial charge in [-0.05, 0) is 24.3 Å². The van der Waals surface area contributed by atoms with Gasteiger partial charge in [0.25, 0.3) is 15.9 Å². The summed E-state index contributed by atoms with van der Waals surface area (Å²) in [7, 11) is -0.678. The molecule has 1 saturated heterocycles. The molecule has 32 heavy (non-hydrogen) atoms. The van der Waals surface area contributed by atoms with Crippen molar-refractivity contribution in [1.29, 1.82) is 0 Å². The minimum atomic E-state index is -3.76. The minimum absolute atomic E-state index is 0. The monoisotopic (exact) mass is 479 g/mol. The van der Waals surface area contributed by atoms with Crippen molar-refractivity contribution in [2.75, 3.05) is 30.4 Å². The van der Waals surface area contributed by atoms with E-state index in [0.717, 1.165) is 0 Å². The predicted molar refractivity (Wildman–Crippen MR) is 125 cm³/mol.